The second kappa shape index (κ2) is 10.2. The van der Waals surface area contributed by atoms with Crippen LogP contribution < -0.4 is 14.8 Å². The maximum absolute atomic E-state index is 13.1. The van der Waals surface area contributed by atoms with Crippen molar-refractivity contribution in [3.05, 3.63) is 23.8 Å². The molecule has 1 atom stereocenters. The molecule has 140 valence electrons. The van der Waals surface area contributed by atoms with Gasteiger partial charge in [0.2, 0.25) is 0 Å². The molecule has 24 heavy (non-hydrogen) atoms. The number of alkyl halides is 3. The van der Waals surface area contributed by atoms with Crippen LogP contribution in [0.1, 0.15) is 18.0 Å². The summed E-state index contributed by atoms with van der Waals surface area (Å²) in [7, 11) is 2.93. The van der Waals surface area contributed by atoms with Gasteiger partial charge in [0.1, 0.15) is 0 Å². The van der Waals surface area contributed by atoms with E-state index in [-0.39, 0.29) is 24.8 Å². The van der Waals surface area contributed by atoms with Crippen LogP contribution in [0.4, 0.5) is 13.2 Å². The maximum atomic E-state index is 13.1. The molecule has 0 unspecified atom stereocenters. The maximum Gasteiger partial charge on any atom is 0.390 e. The molecule has 0 saturated carbocycles. The quantitative estimate of drug-likeness (QED) is 0.834. The highest BCUT2D eigenvalue weighted by Crippen LogP contribution is 2.41. The van der Waals surface area contributed by atoms with Gasteiger partial charge < -0.3 is 14.8 Å². The molecule has 9 heteroatoms. The highest BCUT2D eigenvalue weighted by Gasteiger charge is 2.37. The summed E-state index contributed by atoms with van der Waals surface area (Å²) in [6.07, 6.45) is -5.15. The number of nitrogens with zero attached hydrogens (tertiary/aromatic N) is 1. The van der Waals surface area contributed by atoms with Gasteiger partial charge >= 0.3 is 6.18 Å². The fourth-order valence-electron chi connectivity index (χ4n) is 2.82. The van der Waals surface area contributed by atoms with Gasteiger partial charge in [-0.05, 0) is 6.07 Å². The minimum Gasteiger partial charge on any atom is -0.493 e. The van der Waals surface area contributed by atoms with E-state index in [9.17, 15) is 13.2 Å². The second-order valence-corrected chi connectivity index (χ2v) is 5.20. The molecular formula is C15H23Cl2F3N2O2. The SMILES string of the molecule is COc1cccc([C@H](CC(F)(F)F)N2CCNCC2)c1OC.Cl.Cl. The molecule has 0 radical (unpaired) electrons. The Morgan fingerprint density at radius 1 is 1.12 bits per heavy atom. The van der Waals surface area contributed by atoms with Crippen molar-refractivity contribution in [1.82, 2.24) is 10.2 Å². The van der Waals surface area contributed by atoms with Crippen molar-refractivity contribution in [2.24, 2.45) is 0 Å². The lowest BCUT2D eigenvalue weighted by Crippen LogP contribution is -2.46. The summed E-state index contributed by atoms with van der Waals surface area (Å²) in [5.41, 5.74) is 0.515. The minimum atomic E-state index is -4.25. The third-order valence-electron chi connectivity index (χ3n) is 3.81. The van der Waals surface area contributed by atoms with Crippen molar-refractivity contribution < 1.29 is 22.6 Å². The van der Waals surface area contributed by atoms with Crippen molar-refractivity contribution in [3.63, 3.8) is 0 Å². The largest absolute Gasteiger partial charge is 0.493 e. The Hall–Kier alpha value is -0.890. The summed E-state index contributed by atoms with van der Waals surface area (Å²) < 4.78 is 49.7. The summed E-state index contributed by atoms with van der Waals surface area (Å²) in [5, 5.41) is 3.16. The Kier molecular flexibility index (Phi) is 9.80. The summed E-state index contributed by atoms with van der Waals surface area (Å²) in [6.45, 7) is 2.50. The molecular weight excluding hydrogens is 368 g/mol. The molecule has 1 aliphatic heterocycles. The number of piperazine rings is 1. The van der Waals surface area contributed by atoms with Crippen LogP contribution in [0.5, 0.6) is 11.5 Å². The van der Waals surface area contributed by atoms with E-state index in [0.29, 0.717) is 43.2 Å². The van der Waals surface area contributed by atoms with Crippen LogP contribution >= 0.6 is 24.8 Å². The van der Waals surface area contributed by atoms with Gasteiger partial charge in [-0.15, -0.1) is 24.8 Å². The Labute approximate surface area is 152 Å². The normalized spacial score (nSPS) is 16.5. The van der Waals surface area contributed by atoms with Gasteiger partial charge in [0.25, 0.3) is 0 Å². The predicted molar refractivity (Wildman–Crippen MR) is 91.9 cm³/mol. The summed E-state index contributed by atoms with van der Waals surface area (Å²) in [6, 6.07) is 4.29. The van der Waals surface area contributed by atoms with Gasteiger partial charge in [0, 0.05) is 37.8 Å². The number of hydrogen-bond donors (Lipinski definition) is 1. The molecule has 0 aliphatic carbocycles. The molecule has 0 spiro atoms. The molecule has 0 bridgehead atoms. The number of para-hydroxylation sites is 1. The number of hydrogen-bond acceptors (Lipinski definition) is 4. The van der Waals surface area contributed by atoms with E-state index in [1.807, 2.05) is 4.90 Å². The monoisotopic (exact) mass is 390 g/mol. The van der Waals surface area contributed by atoms with Crippen LogP contribution in [0.15, 0.2) is 18.2 Å². The summed E-state index contributed by atoms with van der Waals surface area (Å²) in [4.78, 5) is 1.85. The molecule has 1 fully saturated rings. The average Bonchev–Trinajstić information content (AvgIpc) is 2.51. The second-order valence-electron chi connectivity index (χ2n) is 5.20. The molecule has 1 aliphatic rings. The van der Waals surface area contributed by atoms with Gasteiger partial charge in [-0.1, -0.05) is 12.1 Å². The topological polar surface area (TPSA) is 33.7 Å². The van der Waals surface area contributed by atoms with E-state index in [1.165, 1.54) is 14.2 Å². The number of ether oxygens (including phenoxy) is 2. The van der Waals surface area contributed by atoms with Crippen LogP contribution in [0.3, 0.4) is 0 Å². The molecule has 0 amide bonds. The molecule has 1 aromatic carbocycles. The highest BCUT2D eigenvalue weighted by molar-refractivity contribution is 5.85. The summed E-state index contributed by atoms with van der Waals surface area (Å²) >= 11 is 0. The van der Waals surface area contributed by atoms with Gasteiger partial charge in [-0.2, -0.15) is 13.2 Å². The van der Waals surface area contributed by atoms with Crippen LogP contribution in [-0.2, 0) is 0 Å². The Morgan fingerprint density at radius 2 is 1.75 bits per heavy atom. The molecule has 1 aromatic rings. The van der Waals surface area contributed by atoms with E-state index in [2.05, 4.69) is 5.32 Å². The number of nitrogens with one attached hydrogen (secondary N) is 1. The first-order valence-corrected chi connectivity index (χ1v) is 7.18. The zero-order chi connectivity index (χ0) is 16.2. The van der Waals surface area contributed by atoms with Crippen LogP contribution in [0, 0.1) is 0 Å². The first kappa shape index (κ1) is 23.1. The number of benzene rings is 1. The smallest absolute Gasteiger partial charge is 0.390 e. The van der Waals surface area contributed by atoms with Gasteiger partial charge in [-0.25, -0.2) is 0 Å². The minimum absolute atomic E-state index is 0. The Balaban J connectivity index is 0.00000264. The van der Waals surface area contributed by atoms with Crippen molar-refractivity contribution in [1.29, 1.82) is 0 Å². The van der Waals surface area contributed by atoms with E-state index in [4.69, 9.17) is 9.47 Å². The molecule has 1 saturated heterocycles. The van der Waals surface area contributed by atoms with Crippen LogP contribution in [-0.4, -0.2) is 51.5 Å². The fraction of sp³-hybridized carbons (Fsp3) is 0.600. The highest BCUT2D eigenvalue weighted by atomic mass is 35.5. The predicted octanol–water partition coefficient (Wildman–Crippen LogP) is 3.45. The average molecular weight is 391 g/mol. The summed E-state index contributed by atoms with van der Waals surface area (Å²) in [5.74, 6) is 0.820. The third kappa shape index (κ3) is 5.88. The van der Waals surface area contributed by atoms with Crippen molar-refractivity contribution in [2.45, 2.75) is 18.6 Å². The van der Waals surface area contributed by atoms with E-state index < -0.39 is 18.6 Å². The fourth-order valence-corrected chi connectivity index (χ4v) is 2.82. The lowest BCUT2D eigenvalue weighted by atomic mass is 9.99. The number of methoxy groups -OCH3 is 2. The van der Waals surface area contributed by atoms with Crippen LogP contribution in [0.25, 0.3) is 0 Å². The van der Waals surface area contributed by atoms with Crippen molar-refractivity contribution in [2.75, 3.05) is 40.4 Å². The Morgan fingerprint density at radius 3 is 2.25 bits per heavy atom. The van der Waals surface area contributed by atoms with Gasteiger partial charge in [0.05, 0.1) is 20.6 Å². The molecule has 0 aromatic heterocycles. The van der Waals surface area contributed by atoms with E-state index in [0.717, 1.165) is 0 Å². The molecule has 1 N–H and O–H groups in total. The Bertz CT molecular complexity index is 498. The molecule has 4 nitrogen and oxygen atoms in total. The van der Waals surface area contributed by atoms with Crippen LogP contribution in [0.2, 0.25) is 0 Å². The van der Waals surface area contributed by atoms with Gasteiger partial charge in [-0.3, -0.25) is 4.90 Å². The number of rotatable bonds is 5. The standard InChI is InChI=1S/C15H21F3N2O2.2ClH/c1-21-13-5-3-4-11(14(13)22-2)12(10-15(16,17)18)20-8-6-19-7-9-20;;/h3-5,12,19H,6-10H2,1-2H3;2*1H/t12-;;/m0../s1. The lowest BCUT2D eigenvalue weighted by Gasteiger charge is -2.36. The number of halogens is 5. The third-order valence-corrected chi connectivity index (χ3v) is 3.81. The van der Waals surface area contributed by atoms with Crippen molar-refractivity contribution >= 4 is 24.8 Å². The zero-order valence-corrected chi connectivity index (χ0v) is 15.2. The molecule has 1 heterocycles. The first-order chi connectivity index (χ1) is 10.5. The zero-order valence-electron chi connectivity index (χ0n) is 13.6. The van der Waals surface area contributed by atoms with Gasteiger partial charge in [0.15, 0.2) is 11.5 Å². The van der Waals surface area contributed by atoms with E-state index in [1.54, 1.807) is 18.2 Å². The lowest BCUT2D eigenvalue weighted by molar-refractivity contribution is -0.148. The first-order valence-electron chi connectivity index (χ1n) is 7.18. The molecule has 2 rings (SSSR count). The van der Waals surface area contributed by atoms with Crippen molar-refractivity contribution in [3.8, 4) is 11.5 Å². The van der Waals surface area contributed by atoms with E-state index >= 15 is 0 Å².